The Hall–Kier alpha value is -1.85. The molecule has 3 fully saturated rings. The van der Waals surface area contributed by atoms with Gasteiger partial charge in [-0.3, -0.25) is 9.69 Å². The van der Waals surface area contributed by atoms with E-state index < -0.39 is 0 Å². The van der Waals surface area contributed by atoms with Crippen molar-refractivity contribution in [2.24, 2.45) is 5.92 Å². The molecule has 3 aliphatic rings. The van der Waals surface area contributed by atoms with E-state index in [-0.39, 0.29) is 11.9 Å². The van der Waals surface area contributed by atoms with Crippen LogP contribution in [0.5, 0.6) is 5.75 Å². The van der Waals surface area contributed by atoms with E-state index in [1.54, 1.807) is 7.11 Å². The zero-order valence-electron chi connectivity index (χ0n) is 14.7. The van der Waals surface area contributed by atoms with E-state index in [2.05, 4.69) is 17.1 Å². The summed E-state index contributed by atoms with van der Waals surface area (Å²) < 4.78 is 5.51. The second kappa shape index (κ2) is 6.81. The first-order valence-electron chi connectivity index (χ1n) is 8.95. The molecule has 4 nitrogen and oxygen atoms in total. The number of hydrogen-bond acceptors (Lipinski definition) is 4. The first-order chi connectivity index (χ1) is 12.2. The lowest BCUT2D eigenvalue weighted by Gasteiger charge is -2.49. The Balaban J connectivity index is 1.56. The van der Waals surface area contributed by atoms with Crippen molar-refractivity contribution in [1.82, 2.24) is 10.2 Å². The van der Waals surface area contributed by atoms with E-state index >= 15 is 0 Å². The Labute approximate surface area is 152 Å². The maximum atomic E-state index is 12.9. The molecule has 5 heteroatoms. The highest BCUT2D eigenvalue weighted by molar-refractivity contribution is 7.17. The SMILES string of the molecule is COc1cc(C(=O)NC2C3CCN(CC3)C2C)sc1-c1ccccc1. The Morgan fingerprint density at radius 1 is 1.24 bits per heavy atom. The van der Waals surface area contributed by atoms with Crippen LogP contribution in [0, 0.1) is 5.92 Å². The molecule has 0 radical (unpaired) electrons. The van der Waals surface area contributed by atoms with Gasteiger partial charge in [0.2, 0.25) is 0 Å². The number of piperidine rings is 3. The van der Waals surface area contributed by atoms with E-state index in [1.807, 2.05) is 36.4 Å². The minimum absolute atomic E-state index is 0.0241. The maximum Gasteiger partial charge on any atom is 0.261 e. The number of fused-ring (bicyclic) bond motifs is 3. The van der Waals surface area contributed by atoms with Gasteiger partial charge in [-0.25, -0.2) is 0 Å². The number of rotatable bonds is 4. The summed E-state index contributed by atoms with van der Waals surface area (Å²) in [7, 11) is 1.66. The number of carbonyl (C=O) groups is 1. The first-order valence-corrected chi connectivity index (χ1v) is 9.77. The van der Waals surface area contributed by atoms with Crippen LogP contribution in [0.4, 0.5) is 0 Å². The summed E-state index contributed by atoms with van der Waals surface area (Å²) in [5.74, 6) is 1.40. The third kappa shape index (κ3) is 3.07. The molecule has 3 aliphatic heterocycles. The summed E-state index contributed by atoms with van der Waals surface area (Å²) in [4.78, 5) is 17.1. The van der Waals surface area contributed by atoms with Gasteiger partial charge in [-0.2, -0.15) is 0 Å². The molecule has 3 saturated heterocycles. The van der Waals surface area contributed by atoms with Crippen LogP contribution in [0.25, 0.3) is 10.4 Å². The van der Waals surface area contributed by atoms with Crippen LogP contribution >= 0.6 is 11.3 Å². The highest BCUT2D eigenvalue weighted by Gasteiger charge is 2.40. The lowest BCUT2D eigenvalue weighted by molar-refractivity contribution is 0.0218. The molecule has 5 rings (SSSR count). The number of methoxy groups -OCH3 is 1. The van der Waals surface area contributed by atoms with Crippen LogP contribution in [0.2, 0.25) is 0 Å². The average Bonchev–Trinajstić information content (AvgIpc) is 3.10. The fourth-order valence-electron chi connectivity index (χ4n) is 4.20. The molecule has 1 amide bonds. The molecule has 132 valence electrons. The average molecular weight is 356 g/mol. The molecular weight excluding hydrogens is 332 g/mol. The molecule has 1 N–H and O–H groups in total. The van der Waals surface area contributed by atoms with Gasteiger partial charge in [0, 0.05) is 18.2 Å². The predicted molar refractivity (Wildman–Crippen MR) is 101 cm³/mol. The number of benzene rings is 1. The number of thiophene rings is 1. The molecule has 2 unspecified atom stereocenters. The summed E-state index contributed by atoms with van der Waals surface area (Å²) in [5, 5.41) is 3.31. The topological polar surface area (TPSA) is 41.6 Å². The number of ether oxygens (including phenoxy) is 1. The van der Waals surface area contributed by atoms with Gasteiger partial charge >= 0.3 is 0 Å². The maximum absolute atomic E-state index is 12.9. The minimum Gasteiger partial charge on any atom is -0.495 e. The number of nitrogens with one attached hydrogen (secondary N) is 1. The Morgan fingerprint density at radius 2 is 1.96 bits per heavy atom. The first kappa shape index (κ1) is 16.6. The van der Waals surface area contributed by atoms with E-state index in [0.717, 1.165) is 21.1 Å². The van der Waals surface area contributed by atoms with Crippen molar-refractivity contribution in [3.8, 4) is 16.2 Å². The van der Waals surface area contributed by atoms with Gasteiger partial charge < -0.3 is 10.1 Å². The lowest BCUT2D eigenvalue weighted by atomic mass is 9.79. The van der Waals surface area contributed by atoms with E-state index in [1.165, 1.54) is 37.3 Å². The smallest absolute Gasteiger partial charge is 0.261 e. The quantitative estimate of drug-likeness (QED) is 0.909. The molecule has 2 aromatic rings. The van der Waals surface area contributed by atoms with Crippen molar-refractivity contribution < 1.29 is 9.53 Å². The molecule has 4 heterocycles. The summed E-state index contributed by atoms with van der Waals surface area (Å²) in [5.41, 5.74) is 1.08. The Morgan fingerprint density at radius 3 is 2.60 bits per heavy atom. The number of hydrogen-bond donors (Lipinski definition) is 1. The Kier molecular flexibility index (Phi) is 4.52. The third-order valence-corrected chi connectivity index (χ3v) is 6.82. The van der Waals surface area contributed by atoms with Crippen molar-refractivity contribution in [1.29, 1.82) is 0 Å². The van der Waals surface area contributed by atoms with Gasteiger partial charge in [-0.05, 0) is 44.3 Å². The molecule has 2 atom stereocenters. The van der Waals surface area contributed by atoms with Crippen molar-refractivity contribution >= 4 is 17.2 Å². The van der Waals surface area contributed by atoms with Crippen molar-refractivity contribution in [2.75, 3.05) is 20.2 Å². The zero-order valence-corrected chi connectivity index (χ0v) is 15.5. The van der Waals surface area contributed by atoms with Crippen LogP contribution in [0.15, 0.2) is 36.4 Å². The van der Waals surface area contributed by atoms with Crippen molar-refractivity contribution in [2.45, 2.75) is 31.8 Å². The molecule has 2 bridgehead atoms. The van der Waals surface area contributed by atoms with Crippen molar-refractivity contribution in [3.05, 3.63) is 41.3 Å². The van der Waals surface area contributed by atoms with Crippen LogP contribution < -0.4 is 10.1 Å². The summed E-state index contributed by atoms with van der Waals surface area (Å²) in [6.07, 6.45) is 2.39. The fraction of sp³-hybridized carbons (Fsp3) is 0.450. The highest BCUT2D eigenvalue weighted by atomic mass is 32.1. The van der Waals surface area contributed by atoms with E-state index in [9.17, 15) is 4.79 Å². The summed E-state index contributed by atoms with van der Waals surface area (Å²) >= 11 is 1.50. The number of amides is 1. The molecule has 1 aromatic carbocycles. The molecule has 25 heavy (non-hydrogen) atoms. The Bertz CT molecular complexity index is 748. The summed E-state index contributed by atoms with van der Waals surface area (Å²) in [6.45, 7) is 4.58. The molecule has 1 aromatic heterocycles. The highest BCUT2D eigenvalue weighted by Crippen LogP contribution is 2.39. The lowest BCUT2D eigenvalue weighted by Crippen LogP contribution is -2.62. The monoisotopic (exact) mass is 356 g/mol. The van der Waals surface area contributed by atoms with Crippen molar-refractivity contribution in [3.63, 3.8) is 0 Å². The van der Waals surface area contributed by atoms with Gasteiger partial charge in [0.25, 0.3) is 5.91 Å². The fourth-order valence-corrected chi connectivity index (χ4v) is 5.23. The van der Waals surface area contributed by atoms with Gasteiger partial charge in [-0.15, -0.1) is 11.3 Å². The van der Waals surface area contributed by atoms with Crippen LogP contribution in [0.1, 0.15) is 29.4 Å². The minimum atomic E-state index is 0.0241. The van der Waals surface area contributed by atoms with E-state index in [4.69, 9.17) is 4.74 Å². The summed E-state index contributed by atoms with van der Waals surface area (Å²) in [6, 6.07) is 12.6. The number of carbonyl (C=O) groups excluding carboxylic acids is 1. The molecule has 0 aliphatic carbocycles. The second-order valence-electron chi connectivity index (χ2n) is 6.99. The molecule has 0 spiro atoms. The van der Waals surface area contributed by atoms with Crippen LogP contribution in [-0.2, 0) is 0 Å². The molecular formula is C20H24N2O2S. The molecule has 0 saturated carbocycles. The number of nitrogens with zero attached hydrogens (tertiary/aromatic N) is 1. The van der Waals surface area contributed by atoms with Gasteiger partial charge in [-0.1, -0.05) is 30.3 Å². The van der Waals surface area contributed by atoms with Gasteiger partial charge in [0.1, 0.15) is 5.75 Å². The largest absolute Gasteiger partial charge is 0.495 e. The predicted octanol–water partition coefficient (Wildman–Crippen LogP) is 3.64. The van der Waals surface area contributed by atoms with Gasteiger partial charge in [0.15, 0.2) is 0 Å². The van der Waals surface area contributed by atoms with Crippen LogP contribution in [-0.4, -0.2) is 43.1 Å². The second-order valence-corrected chi connectivity index (χ2v) is 8.04. The third-order valence-electron chi connectivity index (χ3n) is 5.65. The standard InChI is InChI=1S/C20H24N2O2S/c1-13-18(14-8-10-22(13)11-9-14)21-20(23)17-12-16(24-2)19(25-17)15-6-4-3-5-7-15/h3-7,12-14,18H,8-11H2,1-2H3,(H,21,23). The van der Waals surface area contributed by atoms with E-state index in [0.29, 0.717) is 12.0 Å². The van der Waals surface area contributed by atoms with Gasteiger partial charge in [0.05, 0.1) is 16.9 Å². The normalized spacial score (nSPS) is 27.9. The zero-order chi connectivity index (χ0) is 17.4. The van der Waals surface area contributed by atoms with Crippen LogP contribution in [0.3, 0.4) is 0 Å².